The third kappa shape index (κ3) is 4.34. The summed E-state index contributed by atoms with van der Waals surface area (Å²) < 4.78 is 10.8. The Kier molecular flexibility index (Phi) is 6.71. The number of hydrogen-bond acceptors (Lipinski definition) is 4. The zero-order valence-electron chi connectivity index (χ0n) is 12.4. The van der Waals surface area contributed by atoms with Crippen LogP contribution in [0.15, 0.2) is 11.6 Å². The first-order chi connectivity index (χ1) is 9.53. The van der Waals surface area contributed by atoms with Gasteiger partial charge in [0.1, 0.15) is 0 Å². The number of carbonyl (C=O) groups is 2. The minimum atomic E-state index is -0.875. The monoisotopic (exact) mass is 284 g/mol. The molecule has 0 unspecified atom stereocenters. The SMILES string of the molecule is CCOC(=O)C1=C[C@@H](OC(CC)CC)[C@H](C(=O)O)CC1. The lowest BCUT2D eigenvalue weighted by atomic mass is 9.87. The van der Waals surface area contributed by atoms with Gasteiger partial charge in [0.25, 0.3) is 0 Å². The molecule has 0 aromatic rings. The molecule has 0 saturated carbocycles. The maximum Gasteiger partial charge on any atom is 0.333 e. The van der Waals surface area contributed by atoms with Crippen LogP contribution in [0.4, 0.5) is 0 Å². The number of hydrogen-bond donors (Lipinski definition) is 1. The predicted octanol–water partition coefficient (Wildman–Crippen LogP) is 2.54. The average Bonchev–Trinajstić information content (AvgIpc) is 2.44. The fourth-order valence-electron chi connectivity index (χ4n) is 2.37. The third-order valence-electron chi connectivity index (χ3n) is 3.60. The number of rotatable bonds is 7. The maximum atomic E-state index is 11.8. The van der Waals surface area contributed by atoms with E-state index in [1.165, 1.54) is 0 Å². The van der Waals surface area contributed by atoms with Gasteiger partial charge in [0.2, 0.25) is 0 Å². The summed E-state index contributed by atoms with van der Waals surface area (Å²) in [6.07, 6.45) is 3.58. The lowest BCUT2D eigenvalue weighted by Crippen LogP contribution is -2.36. The molecule has 1 N–H and O–H groups in total. The van der Waals surface area contributed by atoms with E-state index in [1.807, 2.05) is 13.8 Å². The summed E-state index contributed by atoms with van der Waals surface area (Å²) in [6.45, 7) is 6.07. The van der Waals surface area contributed by atoms with Crippen LogP contribution in [-0.4, -0.2) is 35.9 Å². The first-order valence-electron chi connectivity index (χ1n) is 7.29. The van der Waals surface area contributed by atoms with Crippen molar-refractivity contribution >= 4 is 11.9 Å². The van der Waals surface area contributed by atoms with Gasteiger partial charge in [0.15, 0.2) is 0 Å². The van der Waals surface area contributed by atoms with Crippen LogP contribution in [0.3, 0.4) is 0 Å². The molecule has 0 heterocycles. The van der Waals surface area contributed by atoms with Gasteiger partial charge in [-0.05, 0) is 38.7 Å². The van der Waals surface area contributed by atoms with Gasteiger partial charge in [-0.3, -0.25) is 4.79 Å². The molecule has 0 fully saturated rings. The Morgan fingerprint density at radius 1 is 1.35 bits per heavy atom. The van der Waals surface area contributed by atoms with Crippen molar-refractivity contribution in [2.24, 2.45) is 5.92 Å². The Hall–Kier alpha value is -1.36. The van der Waals surface area contributed by atoms with Crippen molar-refractivity contribution in [3.63, 3.8) is 0 Å². The number of carboxylic acid groups (broad SMARTS) is 1. The Morgan fingerprint density at radius 3 is 2.50 bits per heavy atom. The second-order valence-corrected chi connectivity index (χ2v) is 4.93. The fraction of sp³-hybridized carbons (Fsp3) is 0.733. The maximum absolute atomic E-state index is 11.8. The molecule has 0 spiro atoms. The van der Waals surface area contributed by atoms with E-state index < -0.39 is 18.0 Å². The van der Waals surface area contributed by atoms with Gasteiger partial charge in [-0.1, -0.05) is 13.8 Å². The van der Waals surface area contributed by atoms with E-state index in [9.17, 15) is 14.7 Å². The summed E-state index contributed by atoms with van der Waals surface area (Å²) in [6, 6.07) is 0. The smallest absolute Gasteiger partial charge is 0.333 e. The topological polar surface area (TPSA) is 72.8 Å². The van der Waals surface area contributed by atoms with Crippen molar-refractivity contribution in [2.45, 2.75) is 58.7 Å². The molecule has 0 saturated heterocycles. The highest BCUT2D eigenvalue weighted by Crippen LogP contribution is 2.28. The lowest BCUT2D eigenvalue weighted by molar-refractivity contribution is -0.149. The first-order valence-corrected chi connectivity index (χ1v) is 7.29. The van der Waals surface area contributed by atoms with Crippen molar-refractivity contribution in [3.05, 3.63) is 11.6 Å². The van der Waals surface area contributed by atoms with Crippen LogP contribution < -0.4 is 0 Å². The van der Waals surface area contributed by atoms with E-state index in [2.05, 4.69) is 0 Å². The van der Waals surface area contributed by atoms with Gasteiger partial charge in [-0.15, -0.1) is 0 Å². The van der Waals surface area contributed by atoms with Crippen LogP contribution in [0.5, 0.6) is 0 Å². The molecule has 20 heavy (non-hydrogen) atoms. The molecule has 1 aliphatic carbocycles. The van der Waals surface area contributed by atoms with E-state index in [0.717, 1.165) is 12.8 Å². The molecule has 1 rings (SSSR count). The Labute approximate surface area is 119 Å². The zero-order valence-corrected chi connectivity index (χ0v) is 12.4. The number of aliphatic carboxylic acids is 1. The highest BCUT2D eigenvalue weighted by Gasteiger charge is 2.34. The predicted molar refractivity (Wildman–Crippen MR) is 74.3 cm³/mol. The summed E-state index contributed by atoms with van der Waals surface area (Å²) in [5.74, 6) is -1.83. The molecule has 1 aliphatic rings. The van der Waals surface area contributed by atoms with Gasteiger partial charge in [-0.2, -0.15) is 0 Å². The van der Waals surface area contributed by atoms with Crippen molar-refractivity contribution in [3.8, 4) is 0 Å². The Balaban J connectivity index is 2.87. The lowest BCUT2D eigenvalue weighted by Gasteiger charge is -2.30. The van der Waals surface area contributed by atoms with Crippen LogP contribution in [-0.2, 0) is 19.1 Å². The molecule has 0 amide bonds. The van der Waals surface area contributed by atoms with Crippen molar-refractivity contribution in [1.82, 2.24) is 0 Å². The van der Waals surface area contributed by atoms with E-state index in [0.29, 0.717) is 25.0 Å². The van der Waals surface area contributed by atoms with Crippen LogP contribution in [0, 0.1) is 5.92 Å². The average molecular weight is 284 g/mol. The molecule has 0 bridgehead atoms. The summed E-state index contributed by atoms with van der Waals surface area (Å²) in [7, 11) is 0. The number of ether oxygens (including phenoxy) is 2. The standard InChI is InChI=1S/C15H24O5/c1-4-11(5-2)20-13-9-10(15(18)19-6-3)7-8-12(13)14(16)17/h9,11-13H,4-8H2,1-3H3,(H,16,17)/t12-,13-/m1/s1. The van der Waals surface area contributed by atoms with E-state index >= 15 is 0 Å². The molecule has 0 aliphatic heterocycles. The quantitative estimate of drug-likeness (QED) is 0.727. The number of esters is 1. The minimum absolute atomic E-state index is 0.0136. The summed E-state index contributed by atoms with van der Waals surface area (Å²) >= 11 is 0. The Bertz CT molecular complexity index is 370. The summed E-state index contributed by atoms with van der Waals surface area (Å²) in [5, 5.41) is 9.27. The van der Waals surface area contributed by atoms with Gasteiger partial charge in [0.05, 0.1) is 24.7 Å². The van der Waals surface area contributed by atoms with Crippen molar-refractivity contribution in [2.75, 3.05) is 6.61 Å². The zero-order chi connectivity index (χ0) is 15.1. The van der Waals surface area contributed by atoms with Crippen LogP contribution >= 0.6 is 0 Å². The van der Waals surface area contributed by atoms with Crippen molar-refractivity contribution in [1.29, 1.82) is 0 Å². The second-order valence-electron chi connectivity index (χ2n) is 4.93. The first kappa shape index (κ1) is 16.7. The number of carboxylic acids is 1. The molecule has 0 radical (unpaired) electrons. The van der Waals surface area contributed by atoms with Gasteiger partial charge < -0.3 is 14.6 Å². The normalized spacial score (nSPS) is 22.5. The molecule has 5 heteroatoms. The van der Waals surface area contributed by atoms with Crippen LogP contribution in [0.25, 0.3) is 0 Å². The molecular formula is C15H24O5. The molecule has 114 valence electrons. The van der Waals surface area contributed by atoms with E-state index in [1.54, 1.807) is 13.0 Å². The number of carbonyl (C=O) groups excluding carboxylic acids is 1. The summed E-state index contributed by atoms with van der Waals surface area (Å²) in [5.41, 5.74) is 0.528. The molecule has 2 atom stereocenters. The largest absolute Gasteiger partial charge is 0.481 e. The molecular weight excluding hydrogens is 260 g/mol. The summed E-state index contributed by atoms with van der Waals surface area (Å²) in [4.78, 5) is 23.1. The highest BCUT2D eigenvalue weighted by atomic mass is 16.5. The second kappa shape index (κ2) is 8.04. The van der Waals surface area contributed by atoms with Crippen LogP contribution in [0.2, 0.25) is 0 Å². The van der Waals surface area contributed by atoms with Gasteiger partial charge in [-0.25, -0.2) is 4.79 Å². The highest BCUT2D eigenvalue weighted by molar-refractivity contribution is 5.89. The molecule has 5 nitrogen and oxygen atoms in total. The molecule has 0 aromatic carbocycles. The molecule has 0 aromatic heterocycles. The Morgan fingerprint density at radius 2 is 2.00 bits per heavy atom. The fourth-order valence-corrected chi connectivity index (χ4v) is 2.37. The minimum Gasteiger partial charge on any atom is -0.481 e. The van der Waals surface area contributed by atoms with Gasteiger partial charge >= 0.3 is 11.9 Å². The van der Waals surface area contributed by atoms with E-state index in [-0.39, 0.29) is 12.1 Å². The van der Waals surface area contributed by atoms with E-state index in [4.69, 9.17) is 9.47 Å². The van der Waals surface area contributed by atoms with Crippen LogP contribution in [0.1, 0.15) is 46.5 Å². The van der Waals surface area contributed by atoms with Gasteiger partial charge in [0, 0.05) is 5.57 Å². The third-order valence-corrected chi connectivity index (χ3v) is 3.60. The van der Waals surface area contributed by atoms with Crippen molar-refractivity contribution < 1.29 is 24.2 Å².